The Morgan fingerprint density at radius 1 is 1.40 bits per heavy atom. The van der Waals surface area contributed by atoms with Crippen molar-refractivity contribution in [2.75, 3.05) is 31.6 Å². The molecule has 25 heavy (non-hydrogen) atoms. The van der Waals surface area contributed by atoms with E-state index in [1.54, 1.807) is 11.3 Å². The third-order valence-corrected chi connectivity index (χ3v) is 5.59. The first-order chi connectivity index (χ1) is 12.2. The summed E-state index contributed by atoms with van der Waals surface area (Å²) in [5, 5.41) is 5.52. The van der Waals surface area contributed by atoms with Gasteiger partial charge in [0.15, 0.2) is 5.82 Å². The third-order valence-electron chi connectivity index (χ3n) is 4.73. The standard InChI is InChI=1S/C18H22N4O2S/c1-12-9-16(21-17(19-12)15-3-2-8-25-15)20-14-4-6-22(10-14)18(23)13-5-7-24-11-13/h2-3,8-9,13-14H,4-7,10-11H2,1H3,(H,19,20,21). The molecule has 0 bridgehead atoms. The predicted molar refractivity (Wildman–Crippen MR) is 97.6 cm³/mol. The Kier molecular flexibility index (Phi) is 4.67. The number of rotatable bonds is 4. The van der Waals surface area contributed by atoms with Crippen LogP contribution in [-0.4, -0.2) is 53.1 Å². The van der Waals surface area contributed by atoms with E-state index < -0.39 is 0 Å². The molecule has 2 saturated heterocycles. The monoisotopic (exact) mass is 358 g/mol. The maximum absolute atomic E-state index is 12.5. The van der Waals surface area contributed by atoms with Crippen molar-refractivity contribution in [2.45, 2.75) is 25.8 Å². The number of amides is 1. The number of likely N-dealkylation sites (tertiary alicyclic amines) is 1. The molecule has 0 aliphatic carbocycles. The predicted octanol–water partition coefficient (Wildman–Crippen LogP) is 2.56. The lowest BCUT2D eigenvalue weighted by molar-refractivity contribution is -0.134. The van der Waals surface area contributed by atoms with Gasteiger partial charge < -0.3 is 15.0 Å². The molecule has 2 fully saturated rings. The molecular weight excluding hydrogens is 336 g/mol. The van der Waals surface area contributed by atoms with Crippen LogP contribution in [0.2, 0.25) is 0 Å². The summed E-state index contributed by atoms with van der Waals surface area (Å²) in [4.78, 5) is 24.7. The molecule has 0 saturated carbocycles. The fourth-order valence-electron chi connectivity index (χ4n) is 3.43. The number of ether oxygens (including phenoxy) is 1. The second-order valence-corrected chi connectivity index (χ2v) is 7.62. The summed E-state index contributed by atoms with van der Waals surface area (Å²) in [6.45, 7) is 4.79. The molecule has 132 valence electrons. The molecule has 2 aromatic rings. The zero-order valence-corrected chi connectivity index (χ0v) is 15.1. The van der Waals surface area contributed by atoms with E-state index in [0.29, 0.717) is 13.2 Å². The minimum atomic E-state index is 0.0467. The molecule has 0 spiro atoms. The SMILES string of the molecule is Cc1cc(NC2CCN(C(=O)C3CCOC3)C2)nc(-c2cccs2)n1. The van der Waals surface area contributed by atoms with E-state index in [-0.39, 0.29) is 17.9 Å². The van der Waals surface area contributed by atoms with Gasteiger partial charge in [-0.05, 0) is 31.2 Å². The Hall–Kier alpha value is -1.99. The number of carbonyl (C=O) groups excluding carboxylic acids is 1. The van der Waals surface area contributed by atoms with Crippen LogP contribution in [0.1, 0.15) is 18.5 Å². The Morgan fingerprint density at radius 2 is 2.32 bits per heavy atom. The highest BCUT2D eigenvalue weighted by molar-refractivity contribution is 7.13. The van der Waals surface area contributed by atoms with Crippen molar-refractivity contribution in [1.29, 1.82) is 0 Å². The van der Waals surface area contributed by atoms with E-state index in [1.165, 1.54) is 0 Å². The van der Waals surface area contributed by atoms with Gasteiger partial charge in [-0.1, -0.05) is 6.07 Å². The molecule has 2 aliphatic heterocycles. The number of aryl methyl sites for hydroxylation is 1. The molecule has 2 aromatic heterocycles. The van der Waals surface area contributed by atoms with E-state index in [0.717, 1.165) is 48.1 Å². The lowest BCUT2D eigenvalue weighted by atomic mass is 10.1. The summed E-state index contributed by atoms with van der Waals surface area (Å²) >= 11 is 1.64. The second-order valence-electron chi connectivity index (χ2n) is 6.67. The first kappa shape index (κ1) is 16.5. The summed E-state index contributed by atoms with van der Waals surface area (Å²) in [6, 6.07) is 6.23. The summed E-state index contributed by atoms with van der Waals surface area (Å²) in [7, 11) is 0. The Balaban J connectivity index is 1.42. The molecule has 0 radical (unpaired) electrons. The fraction of sp³-hybridized carbons (Fsp3) is 0.500. The van der Waals surface area contributed by atoms with Crippen molar-refractivity contribution in [2.24, 2.45) is 5.92 Å². The third kappa shape index (κ3) is 3.67. The molecule has 7 heteroatoms. The van der Waals surface area contributed by atoms with Crippen molar-refractivity contribution in [3.63, 3.8) is 0 Å². The Labute approximate surface area is 151 Å². The van der Waals surface area contributed by atoms with Gasteiger partial charge >= 0.3 is 0 Å². The van der Waals surface area contributed by atoms with Crippen molar-refractivity contribution in [3.05, 3.63) is 29.3 Å². The smallest absolute Gasteiger partial charge is 0.228 e. The van der Waals surface area contributed by atoms with Gasteiger partial charge in [0.05, 0.1) is 17.4 Å². The van der Waals surface area contributed by atoms with E-state index in [4.69, 9.17) is 4.74 Å². The number of aromatic nitrogens is 2. The van der Waals surface area contributed by atoms with Gasteiger partial charge in [0.1, 0.15) is 5.82 Å². The Bertz CT molecular complexity index is 744. The maximum atomic E-state index is 12.5. The summed E-state index contributed by atoms with van der Waals surface area (Å²) < 4.78 is 5.34. The van der Waals surface area contributed by atoms with Gasteiger partial charge in [-0.2, -0.15) is 0 Å². The lowest BCUT2D eigenvalue weighted by Gasteiger charge is -2.20. The van der Waals surface area contributed by atoms with Gasteiger partial charge in [-0.3, -0.25) is 4.79 Å². The number of thiophene rings is 1. The molecule has 6 nitrogen and oxygen atoms in total. The number of hydrogen-bond acceptors (Lipinski definition) is 6. The van der Waals surface area contributed by atoms with Crippen LogP contribution < -0.4 is 5.32 Å². The average molecular weight is 358 g/mol. The molecule has 1 N–H and O–H groups in total. The van der Waals surface area contributed by atoms with Crippen LogP contribution in [0, 0.1) is 12.8 Å². The molecule has 4 heterocycles. The Morgan fingerprint density at radius 3 is 3.08 bits per heavy atom. The highest BCUT2D eigenvalue weighted by Gasteiger charge is 2.32. The van der Waals surface area contributed by atoms with Crippen LogP contribution in [0.5, 0.6) is 0 Å². The van der Waals surface area contributed by atoms with Gasteiger partial charge in [0.25, 0.3) is 0 Å². The van der Waals surface area contributed by atoms with Crippen LogP contribution in [0.15, 0.2) is 23.6 Å². The van der Waals surface area contributed by atoms with Gasteiger partial charge in [0.2, 0.25) is 5.91 Å². The molecule has 2 aliphatic rings. The second kappa shape index (κ2) is 7.09. The first-order valence-electron chi connectivity index (χ1n) is 8.71. The van der Waals surface area contributed by atoms with E-state index >= 15 is 0 Å². The number of nitrogens with zero attached hydrogens (tertiary/aromatic N) is 3. The van der Waals surface area contributed by atoms with Crippen LogP contribution in [0.25, 0.3) is 10.7 Å². The average Bonchev–Trinajstić information content (AvgIpc) is 3.35. The van der Waals surface area contributed by atoms with Crippen LogP contribution >= 0.6 is 11.3 Å². The van der Waals surface area contributed by atoms with Crippen LogP contribution in [-0.2, 0) is 9.53 Å². The fourth-order valence-corrected chi connectivity index (χ4v) is 4.09. The molecular formula is C18H22N4O2S. The van der Waals surface area contributed by atoms with Crippen molar-refractivity contribution >= 4 is 23.1 Å². The number of nitrogens with one attached hydrogen (secondary N) is 1. The molecule has 4 rings (SSSR count). The number of anilines is 1. The van der Waals surface area contributed by atoms with Gasteiger partial charge in [0, 0.05) is 37.5 Å². The van der Waals surface area contributed by atoms with E-state index in [2.05, 4.69) is 15.3 Å². The maximum Gasteiger partial charge on any atom is 0.228 e. The molecule has 2 atom stereocenters. The van der Waals surface area contributed by atoms with Gasteiger partial charge in [-0.15, -0.1) is 11.3 Å². The van der Waals surface area contributed by atoms with Crippen LogP contribution in [0.3, 0.4) is 0 Å². The summed E-state index contributed by atoms with van der Waals surface area (Å²) in [5.41, 5.74) is 0.940. The largest absolute Gasteiger partial charge is 0.381 e. The quantitative estimate of drug-likeness (QED) is 0.910. The lowest BCUT2D eigenvalue weighted by Crippen LogP contribution is -2.36. The highest BCUT2D eigenvalue weighted by atomic mass is 32.1. The topological polar surface area (TPSA) is 67.4 Å². The highest BCUT2D eigenvalue weighted by Crippen LogP contribution is 2.24. The molecule has 2 unspecified atom stereocenters. The number of hydrogen-bond donors (Lipinski definition) is 1. The van der Waals surface area contributed by atoms with E-state index in [9.17, 15) is 4.79 Å². The number of carbonyl (C=O) groups is 1. The van der Waals surface area contributed by atoms with Crippen LogP contribution in [0.4, 0.5) is 5.82 Å². The zero-order chi connectivity index (χ0) is 17.2. The minimum Gasteiger partial charge on any atom is -0.381 e. The van der Waals surface area contributed by atoms with Gasteiger partial charge in [-0.25, -0.2) is 9.97 Å². The van der Waals surface area contributed by atoms with Crippen molar-refractivity contribution in [1.82, 2.24) is 14.9 Å². The zero-order valence-electron chi connectivity index (χ0n) is 14.3. The first-order valence-corrected chi connectivity index (χ1v) is 9.59. The van der Waals surface area contributed by atoms with E-state index in [1.807, 2.05) is 35.4 Å². The molecule has 1 amide bonds. The van der Waals surface area contributed by atoms with Crippen molar-refractivity contribution < 1.29 is 9.53 Å². The minimum absolute atomic E-state index is 0.0467. The molecule has 0 aromatic carbocycles. The van der Waals surface area contributed by atoms with Crippen molar-refractivity contribution in [3.8, 4) is 10.7 Å². The summed E-state index contributed by atoms with van der Waals surface area (Å²) in [5.74, 6) is 1.87. The summed E-state index contributed by atoms with van der Waals surface area (Å²) in [6.07, 6.45) is 1.79. The normalized spacial score (nSPS) is 23.2.